The van der Waals surface area contributed by atoms with E-state index in [1.54, 1.807) is 6.08 Å². The van der Waals surface area contributed by atoms with E-state index in [1.807, 2.05) is 6.08 Å². The predicted octanol–water partition coefficient (Wildman–Crippen LogP) is 3.18. The molecule has 0 aromatic rings. The van der Waals surface area contributed by atoms with E-state index in [0.29, 0.717) is 30.7 Å². The predicted molar refractivity (Wildman–Crippen MR) is 97.0 cm³/mol. The van der Waals surface area contributed by atoms with Crippen molar-refractivity contribution >= 4 is 5.97 Å². The fourth-order valence-electron chi connectivity index (χ4n) is 3.04. The van der Waals surface area contributed by atoms with Gasteiger partial charge in [0.15, 0.2) is 0 Å². The zero-order chi connectivity index (χ0) is 17.9. The van der Waals surface area contributed by atoms with Crippen LogP contribution in [0.15, 0.2) is 36.3 Å². The van der Waals surface area contributed by atoms with E-state index in [4.69, 9.17) is 21.3 Å². The Balaban J connectivity index is 2.71. The molecule has 24 heavy (non-hydrogen) atoms. The van der Waals surface area contributed by atoms with Gasteiger partial charge in [-0.3, -0.25) is 4.79 Å². The van der Waals surface area contributed by atoms with Gasteiger partial charge in [0.05, 0.1) is 13.0 Å². The number of rotatable bonds is 13. The highest BCUT2D eigenvalue weighted by molar-refractivity contribution is 5.68. The number of allylic oxidation sites excluding steroid dienone is 3. The number of hydrogen-bond donors (Lipinski definition) is 3. The van der Waals surface area contributed by atoms with Crippen LogP contribution < -0.4 is 11.5 Å². The molecule has 1 aliphatic rings. The van der Waals surface area contributed by atoms with Gasteiger partial charge in [0.25, 0.3) is 0 Å². The Morgan fingerprint density at radius 1 is 1.42 bits per heavy atom. The molecule has 0 saturated heterocycles. The van der Waals surface area contributed by atoms with Crippen molar-refractivity contribution < 1.29 is 14.6 Å². The van der Waals surface area contributed by atoms with Gasteiger partial charge >= 0.3 is 5.97 Å². The summed E-state index contributed by atoms with van der Waals surface area (Å²) in [5.41, 5.74) is 12.1. The zero-order valence-corrected chi connectivity index (χ0v) is 14.7. The molecule has 1 rings (SSSR count). The average molecular weight is 336 g/mol. The van der Waals surface area contributed by atoms with Gasteiger partial charge in [-0.15, -0.1) is 0 Å². The monoisotopic (exact) mass is 336 g/mol. The van der Waals surface area contributed by atoms with Crippen LogP contribution >= 0.6 is 0 Å². The lowest BCUT2D eigenvalue weighted by Crippen LogP contribution is -2.15. The third-order valence-electron chi connectivity index (χ3n) is 4.41. The summed E-state index contributed by atoms with van der Waals surface area (Å²) in [4.78, 5) is 11.1. The lowest BCUT2D eigenvalue weighted by atomic mass is 9.90. The smallest absolute Gasteiger partial charge is 0.303 e. The number of aliphatic carboxylic acids is 1. The van der Waals surface area contributed by atoms with E-state index in [0.717, 1.165) is 37.7 Å². The number of carbonyl (C=O) groups is 1. The van der Waals surface area contributed by atoms with Crippen LogP contribution in [0.3, 0.4) is 0 Å². The second kappa shape index (κ2) is 10.9. The van der Waals surface area contributed by atoms with Crippen LogP contribution in [0.1, 0.15) is 45.4 Å². The molecule has 1 fully saturated rings. The molecule has 0 aromatic heterocycles. The first kappa shape index (κ1) is 20.3. The second-order valence-electron chi connectivity index (χ2n) is 6.55. The minimum atomic E-state index is -0.791. The Hall–Kier alpha value is -1.75. The molecular weight excluding hydrogens is 304 g/mol. The zero-order valence-electron chi connectivity index (χ0n) is 14.7. The molecule has 5 nitrogen and oxygen atoms in total. The van der Waals surface area contributed by atoms with E-state index in [2.05, 4.69) is 13.5 Å². The normalized spacial score (nSPS) is 17.7. The number of ether oxygens (including phenoxy) is 1. The highest BCUT2D eigenvalue weighted by Crippen LogP contribution is 2.42. The van der Waals surface area contributed by atoms with Gasteiger partial charge in [-0.1, -0.05) is 19.9 Å². The first-order chi connectivity index (χ1) is 11.5. The molecule has 2 unspecified atom stereocenters. The van der Waals surface area contributed by atoms with Crippen LogP contribution in [0.4, 0.5) is 0 Å². The Morgan fingerprint density at radius 2 is 2.12 bits per heavy atom. The summed E-state index contributed by atoms with van der Waals surface area (Å²) >= 11 is 0. The molecule has 0 bridgehead atoms. The van der Waals surface area contributed by atoms with E-state index < -0.39 is 5.97 Å². The molecule has 5 heteroatoms. The fourth-order valence-corrected chi connectivity index (χ4v) is 3.04. The van der Waals surface area contributed by atoms with Crippen LogP contribution in [0, 0.1) is 17.8 Å². The van der Waals surface area contributed by atoms with Crippen molar-refractivity contribution in [2.45, 2.75) is 45.4 Å². The van der Waals surface area contributed by atoms with Crippen LogP contribution in [0.25, 0.3) is 0 Å². The molecule has 136 valence electrons. The van der Waals surface area contributed by atoms with Crippen molar-refractivity contribution in [3.63, 3.8) is 0 Å². The molecule has 0 spiro atoms. The molecular formula is C19H32N2O3. The summed E-state index contributed by atoms with van der Waals surface area (Å²) in [6.45, 7) is 7.35. The molecule has 0 aromatic carbocycles. The first-order valence-electron chi connectivity index (χ1n) is 8.85. The number of carboxylic acids is 1. The van der Waals surface area contributed by atoms with Gasteiger partial charge < -0.3 is 21.3 Å². The topological polar surface area (TPSA) is 98.6 Å². The molecule has 0 amide bonds. The Labute approximate surface area is 145 Å². The van der Waals surface area contributed by atoms with Crippen molar-refractivity contribution in [3.8, 4) is 0 Å². The Kier molecular flexibility index (Phi) is 9.23. The summed E-state index contributed by atoms with van der Waals surface area (Å²) < 4.78 is 5.79. The molecule has 0 radical (unpaired) electrons. The first-order valence-corrected chi connectivity index (χ1v) is 8.85. The van der Waals surface area contributed by atoms with Crippen molar-refractivity contribution in [1.82, 2.24) is 0 Å². The van der Waals surface area contributed by atoms with E-state index in [9.17, 15) is 4.79 Å². The minimum absolute atomic E-state index is 0.0295. The molecule has 0 heterocycles. The van der Waals surface area contributed by atoms with Gasteiger partial charge in [-0.25, -0.2) is 0 Å². The second-order valence-corrected chi connectivity index (χ2v) is 6.55. The van der Waals surface area contributed by atoms with Crippen molar-refractivity contribution in [2.24, 2.45) is 29.2 Å². The SMILES string of the molecule is C=C(/C=C(\C=C/N)C(CC(=O)O)C1CC1)OCC(CCC)CCN. The van der Waals surface area contributed by atoms with Gasteiger partial charge in [0, 0.05) is 0 Å². The van der Waals surface area contributed by atoms with Crippen LogP contribution in [-0.4, -0.2) is 24.2 Å². The molecule has 2 atom stereocenters. The van der Waals surface area contributed by atoms with Crippen LogP contribution in [0.2, 0.25) is 0 Å². The number of hydrogen-bond acceptors (Lipinski definition) is 4. The largest absolute Gasteiger partial charge is 0.494 e. The van der Waals surface area contributed by atoms with Gasteiger partial charge in [-0.05, 0) is 73.9 Å². The van der Waals surface area contributed by atoms with Crippen LogP contribution in [0.5, 0.6) is 0 Å². The van der Waals surface area contributed by atoms with Crippen molar-refractivity contribution in [2.75, 3.05) is 13.2 Å². The lowest BCUT2D eigenvalue weighted by Gasteiger charge is -2.19. The van der Waals surface area contributed by atoms with Gasteiger partial charge in [-0.2, -0.15) is 0 Å². The van der Waals surface area contributed by atoms with Crippen LogP contribution in [-0.2, 0) is 9.53 Å². The highest BCUT2D eigenvalue weighted by Gasteiger charge is 2.34. The van der Waals surface area contributed by atoms with E-state index in [1.165, 1.54) is 6.20 Å². The molecule has 1 saturated carbocycles. The molecule has 5 N–H and O–H groups in total. The summed E-state index contributed by atoms with van der Waals surface area (Å²) in [6.07, 6.45) is 10.4. The Morgan fingerprint density at radius 3 is 2.62 bits per heavy atom. The molecule has 1 aliphatic carbocycles. The Bertz CT molecular complexity index is 461. The summed E-state index contributed by atoms with van der Waals surface area (Å²) in [6, 6.07) is 0. The molecule has 0 aliphatic heterocycles. The van der Waals surface area contributed by atoms with Crippen molar-refractivity contribution in [3.05, 3.63) is 36.3 Å². The van der Waals surface area contributed by atoms with Crippen molar-refractivity contribution in [1.29, 1.82) is 0 Å². The third-order valence-corrected chi connectivity index (χ3v) is 4.41. The highest BCUT2D eigenvalue weighted by atomic mass is 16.5. The lowest BCUT2D eigenvalue weighted by molar-refractivity contribution is -0.137. The van der Waals surface area contributed by atoms with Gasteiger partial charge in [0.2, 0.25) is 0 Å². The third kappa shape index (κ3) is 7.68. The summed E-state index contributed by atoms with van der Waals surface area (Å²) in [7, 11) is 0. The standard InChI is InChI=1S/C19H32N2O3/c1-3-4-15(7-9-20)13-24-14(2)11-17(8-10-21)18(12-19(22)23)16-5-6-16/h8,10-11,15-16,18H,2-7,9,12-13,20-21H2,1H3,(H,22,23)/b10-8-,17-11+. The summed E-state index contributed by atoms with van der Waals surface area (Å²) in [5.74, 6) is 0.578. The van der Waals surface area contributed by atoms with E-state index in [-0.39, 0.29) is 12.3 Å². The minimum Gasteiger partial charge on any atom is -0.494 e. The maximum absolute atomic E-state index is 11.1. The van der Waals surface area contributed by atoms with Gasteiger partial charge in [0.1, 0.15) is 5.76 Å². The average Bonchev–Trinajstić information content (AvgIpc) is 3.35. The number of nitrogens with two attached hydrogens (primary N) is 2. The maximum Gasteiger partial charge on any atom is 0.303 e. The summed E-state index contributed by atoms with van der Waals surface area (Å²) in [5, 5.41) is 9.16. The van der Waals surface area contributed by atoms with E-state index >= 15 is 0 Å². The fraction of sp³-hybridized carbons (Fsp3) is 0.632. The maximum atomic E-state index is 11.1. The quantitative estimate of drug-likeness (QED) is 0.354. The number of carboxylic acid groups (broad SMARTS) is 1.